The normalized spacial score (nSPS) is 19.0. The Hall–Kier alpha value is -3.43. The first-order chi connectivity index (χ1) is 17.8. The smallest absolute Gasteiger partial charge is 0.313 e. The Labute approximate surface area is 213 Å². The Morgan fingerprint density at radius 1 is 1.19 bits per heavy atom. The van der Waals surface area contributed by atoms with Crippen molar-refractivity contribution in [1.82, 2.24) is 9.88 Å². The summed E-state index contributed by atoms with van der Waals surface area (Å²) in [5.74, 6) is -1.57. The van der Waals surface area contributed by atoms with E-state index in [-0.39, 0.29) is 24.0 Å². The van der Waals surface area contributed by atoms with Crippen LogP contribution in [0.4, 0.5) is 13.2 Å². The number of hydrogen-bond donors (Lipinski definition) is 1. The van der Waals surface area contributed by atoms with Crippen molar-refractivity contribution in [1.29, 1.82) is 0 Å². The number of fused-ring (bicyclic) bond motifs is 1. The van der Waals surface area contributed by atoms with Crippen molar-refractivity contribution < 1.29 is 32.5 Å². The Kier molecular flexibility index (Phi) is 8.14. The molecule has 6 nitrogen and oxygen atoms in total. The lowest BCUT2D eigenvalue weighted by Gasteiger charge is -2.28. The standard InChI is InChI=1S/C28H29F3N2O4/c1-36-20-6-8-24-21(15-20)26(23(31)16-32-24)25(34)9-10-28(27(35)37-2)11-13-33(17-28)12-3-4-18-14-19(29)5-7-22(18)30/h3-8,14-16,25,34H,9-13,17H2,1-2H3. The van der Waals surface area contributed by atoms with Crippen molar-refractivity contribution in [3.8, 4) is 5.75 Å². The number of likely N-dealkylation sites (tertiary alicyclic amines) is 1. The maximum atomic E-state index is 14.8. The summed E-state index contributed by atoms with van der Waals surface area (Å²) < 4.78 is 52.4. The molecule has 1 aromatic heterocycles. The second kappa shape index (κ2) is 11.3. The van der Waals surface area contributed by atoms with Crippen molar-refractivity contribution in [3.63, 3.8) is 0 Å². The molecule has 0 aliphatic carbocycles. The van der Waals surface area contributed by atoms with Crippen LogP contribution in [0.25, 0.3) is 17.0 Å². The number of nitrogens with zero attached hydrogens (tertiary/aromatic N) is 2. The van der Waals surface area contributed by atoms with Crippen LogP contribution in [0.1, 0.15) is 36.5 Å². The summed E-state index contributed by atoms with van der Waals surface area (Å²) in [5.41, 5.74) is -0.110. The zero-order chi connectivity index (χ0) is 26.6. The first kappa shape index (κ1) is 26.6. The number of carbonyl (C=O) groups is 1. The molecule has 1 N–H and O–H groups in total. The fourth-order valence-electron chi connectivity index (χ4n) is 4.97. The molecule has 196 valence electrons. The quantitative estimate of drug-likeness (QED) is 0.403. The Balaban J connectivity index is 1.48. The highest BCUT2D eigenvalue weighted by atomic mass is 19.1. The molecule has 1 fully saturated rings. The number of pyridine rings is 1. The highest BCUT2D eigenvalue weighted by Crippen LogP contribution is 2.40. The van der Waals surface area contributed by atoms with Crippen LogP contribution in [-0.4, -0.2) is 54.8 Å². The van der Waals surface area contributed by atoms with E-state index < -0.39 is 34.9 Å². The largest absolute Gasteiger partial charge is 0.497 e. The molecule has 9 heteroatoms. The first-order valence-corrected chi connectivity index (χ1v) is 12.0. The summed E-state index contributed by atoms with van der Waals surface area (Å²) >= 11 is 0. The topological polar surface area (TPSA) is 71.9 Å². The predicted octanol–water partition coefficient (Wildman–Crippen LogP) is 5.05. The van der Waals surface area contributed by atoms with Gasteiger partial charge in [0.15, 0.2) is 0 Å². The maximum absolute atomic E-state index is 14.8. The minimum atomic E-state index is -1.18. The number of ether oxygens (including phenoxy) is 2. The van der Waals surface area contributed by atoms with Gasteiger partial charge >= 0.3 is 5.97 Å². The molecule has 0 amide bonds. The van der Waals surface area contributed by atoms with E-state index in [0.717, 1.165) is 24.4 Å². The molecule has 0 bridgehead atoms. The SMILES string of the molecule is COC(=O)C1(CCC(O)c2c(F)cnc3ccc(OC)cc23)CCN(CC=Cc2cc(F)ccc2F)C1. The van der Waals surface area contributed by atoms with Crippen LogP contribution in [0.15, 0.2) is 48.7 Å². The van der Waals surface area contributed by atoms with Crippen LogP contribution in [0.2, 0.25) is 0 Å². The Morgan fingerprint density at radius 2 is 2.00 bits per heavy atom. The molecule has 2 aromatic carbocycles. The predicted molar refractivity (Wildman–Crippen MR) is 133 cm³/mol. The number of benzene rings is 2. The molecule has 1 saturated heterocycles. The van der Waals surface area contributed by atoms with Gasteiger partial charge < -0.3 is 14.6 Å². The van der Waals surface area contributed by atoms with Crippen molar-refractivity contribution >= 4 is 22.9 Å². The molecule has 2 heterocycles. The number of methoxy groups -OCH3 is 2. The van der Waals surface area contributed by atoms with Crippen molar-refractivity contribution in [2.24, 2.45) is 5.41 Å². The number of aliphatic hydroxyl groups excluding tert-OH is 1. The molecule has 0 saturated carbocycles. The second-order valence-corrected chi connectivity index (χ2v) is 9.28. The van der Waals surface area contributed by atoms with E-state index in [1.165, 1.54) is 20.3 Å². The van der Waals surface area contributed by atoms with Gasteiger partial charge in [-0.05, 0) is 62.2 Å². The van der Waals surface area contributed by atoms with E-state index in [9.17, 15) is 23.1 Å². The van der Waals surface area contributed by atoms with Crippen LogP contribution in [-0.2, 0) is 9.53 Å². The third-order valence-corrected chi connectivity index (χ3v) is 6.97. The van der Waals surface area contributed by atoms with Gasteiger partial charge in [0.05, 0.1) is 37.5 Å². The van der Waals surface area contributed by atoms with E-state index in [1.54, 1.807) is 24.3 Å². The number of halogens is 3. The lowest BCUT2D eigenvalue weighted by atomic mass is 9.80. The summed E-state index contributed by atoms with van der Waals surface area (Å²) in [7, 11) is 2.82. The molecule has 2 atom stereocenters. The highest BCUT2D eigenvalue weighted by molar-refractivity contribution is 5.84. The molecule has 37 heavy (non-hydrogen) atoms. The first-order valence-electron chi connectivity index (χ1n) is 12.0. The molecule has 4 rings (SSSR count). The minimum Gasteiger partial charge on any atom is -0.497 e. The lowest BCUT2D eigenvalue weighted by Crippen LogP contribution is -2.36. The van der Waals surface area contributed by atoms with Gasteiger partial charge in [0.2, 0.25) is 0 Å². The average molecular weight is 515 g/mol. The fourth-order valence-corrected chi connectivity index (χ4v) is 4.97. The molecule has 1 aliphatic heterocycles. The van der Waals surface area contributed by atoms with E-state index >= 15 is 0 Å². The minimum absolute atomic E-state index is 0.110. The number of aromatic nitrogens is 1. The maximum Gasteiger partial charge on any atom is 0.313 e. The molecule has 3 aromatic rings. The monoisotopic (exact) mass is 514 g/mol. The zero-order valence-corrected chi connectivity index (χ0v) is 20.7. The van der Waals surface area contributed by atoms with Crippen LogP contribution >= 0.6 is 0 Å². The summed E-state index contributed by atoms with van der Waals surface area (Å²) in [6, 6.07) is 8.28. The molecule has 0 radical (unpaired) electrons. The van der Waals surface area contributed by atoms with Gasteiger partial charge in [-0.15, -0.1) is 0 Å². The molecule has 2 unspecified atom stereocenters. The van der Waals surface area contributed by atoms with Crippen molar-refractivity contribution in [3.05, 3.63) is 77.2 Å². The molecular formula is C28H29F3N2O4. The molecule has 1 aliphatic rings. The number of esters is 1. The number of aliphatic hydroxyl groups is 1. The highest BCUT2D eigenvalue weighted by Gasteiger charge is 2.45. The third kappa shape index (κ3) is 5.78. The van der Waals surface area contributed by atoms with E-state index in [4.69, 9.17) is 9.47 Å². The summed E-state index contributed by atoms with van der Waals surface area (Å²) in [6.07, 6.45) is 4.01. The van der Waals surface area contributed by atoms with Gasteiger partial charge in [-0.3, -0.25) is 14.7 Å². The lowest BCUT2D eigenvalue weighted by molar-refractivity contribution is -0.152. The van der Waals surface area contributed by atoms with Crippen molar-refractivity contribution in [2.45, 2.75) is 25.4 Å². The van der Waals surface area contributed by atoms with Gasteiger partial charge in [-0.25, -0.2) is 13.2 Å². The number of hydrogen-bond acceptors (Lipinski definition) is 6. The van der Waals surface area contributed by atoms with Gasteiger partial charge in [0.1, 0.15) is 23.2 Å². The van der Waals surface area contributed by atoms with Gasteiger partial charge in [0, 0.05) is 29.6 Å². The second-order valence-electron chi connectivity index (χ2n) is 9.28. The molecule has 0 spiro atoms. The Morgan fingerprint density at radius 3 is 2.76 bits per heavy atom. The van der Waals surface area contributed by atoms with E-state index in [0.29, 0.717) is 42.7 Å². The fraction of sp³-hybridized carbons (Fsp3) is 0.357. The number of carbonyl (C=O) groups excluding carboxylic acids is 1. The molecular weight excluding hydrogens is 485 g/mol. The van der Waals surface area contributed by atoms with Crippen LogP contribution < -0.4 is 4.74 Å². The zero-order valence-electron chi connectivity index (χ0n) is 20.7. The third-order valence-electron chi connectivity index (χ3n) is 6.97. The van der Waals surface area contributed by atoms with Crippen molar-refractivity contribution in [2.75, 3.05) is 33.9 Å². The van der Waals surface area contributed by atoms with Crippen LogP contribution in [0.3, 0.4) is 0 Å². The van der Waals surface area contributed by atoms with E-state index in [2.05, 4.69) is 4.98 Å². The van der Waals surface area contributed by atoms with Crippen LogP contribution in [0, 0.1) is 22.9 Å². The number of rotatable bonds is 9. The van der Waals surface area contributed by atoms with E-state index in [1.807, 2.05) is 4.90 Å². The summed E-state index contributed by atoms with van der Waals surface area (Å²) in [5, 5.41) is 11.5. The van der Waals surface area contributed by atoms with Gasteiger partial charge in [-0.2, -0.15) is 0 Å². The average Bonchev–Trinajstić information content (AvgIpc) is 3.32. The van der Waals surface area contributed by atoms with Crippen LogP contribution in [0.5, 0.6) is 5.75 Å². The van der Waals surface area contributed by atoms with Gasteiger partial charge in [0.25, 0.3) is 0 Å². The van der Waals surface area contributed by atoms with Gasteiger partial charge in [-0.1, -0.05) is 12.2 Å². The summed E-state index contributed by atoms with van der Waals surface area (Å²) in [4.78, 5) is 18.9. The summed E-state index contributed by atoms with van der Waals surface area (Å²) in [6.45, 7) is 1.35. The Bertz CT molecular complexity index is 1320.